The van der Waals surface area contributed by atoms with Gasteiger partial charge in [0.1, 0.15) is 16.9 Å². The van der Waals surface area contributed by atoms with Gasteiger partial charge in [0.25, 0.3) is 0 Å². The van der Waals surface area contributed by atoms with E-state index in [1.807, 2.05) is 23.4 Å². The van der Waals surface area contributed by atoms with Crippen molar-refractivity contribution in [1.29, 1.82) is 5.26 Å². The lowest BCUT2D eigenvalue weighted by molar-refractivity contribution is 0.874. The first kappa shape index (κ1) is 11.8. The van der Waals surface area contributed by atoms with Gasteiger partial charge in [-0.2, -0.15) is 5.26 Å². The van der Waals surface area contributed by atoms with E-state index in [2.05, 4.69) is 9.97 Å². The number of halogens is 1. The van der Waals surface area contributed by atoms with Crippen molar-refractivity contribution < 1.29 is 0 Å². The van der Waals surface area contributed by atoms with Crippen molar-refractivity contribution in [2.45, 2.75) is 6.54 Å². The maximum Gasteiger partial charge on any atom is 0.148 e. The van der Waals surface area contributed by atoms with Crippen molar-refractivity contribution in [3.63, 3.8) is 0 Å². The highest BCUT2D eigenvalue weighted by Crippen LogP contribution is 2.26. The third-order valence-corrected chi connectivity index (χ3v) is 3.24. The average molecular weight is 265 g/mol. The molecule has 0 aliphatic heterocycles. The lowest BCUT2D eigenvalue weighted by atomic mass is 10.2. The molecule has 6 heteroatoms. The molecule has 17 heavy (non-hydrogen) atoms. The monoisotopic (exact) mass is 264 g/mol. The fourth-order valence-electron chi connectivity index (χ4n) is 1.42. The first-order valence-electron chi connectivity index (χ1n) is 4.85. The lowest BCUT2D eigenvalue weighted by Crippen LogP contribution is -2.18. The molecule has 0 amide bonds. The van der Waals surface area contributed by atoms with Gasteiger partial charge in [-0.25, -0.2) is 9.97 Å². The highest BCUT2D eigenvalue weighted by atomic mass is 35.5. The molecule has 0 aromatic carbocycles. The predicted octanol–water partition coefficient (Wildman–Crippen LogP) is 2.70. The van der Waals surface area contributed by atoms with Crippen LogP contribution >= 0.6 is 22.9 Å². The second kappa shape index (κ2) is 5.13. The Balaban J connectivity index is 2.25. The molecule has 2 aromatic heterocycles. The molecule has 2 heterocycles. The standard InChI is InChI=1S/C11H9ClN4S/c1-16(5-9-6-17-7-15-9)11-10(12)8(4-13)2-3-14-11/h2-3,6-7H,5H2,1H3. The van der Waals surface area contributed by atoms with E-state index in [0.717, 1.165) is 5.69 Å². The average Bonchev–Trinajstić information content (AvgIpc) is 2.82. The normalized spacial score (nSPS) is 9.94. The third kappa shape index (κ3) is 2.54. The van der Waals surface area contributed by atoms with Gasteiger partial charge in [-0.1, -0.05) is 11.6 Å². The van der Waals surface area contributed by atoms with Crippen LogP contribution in [0.5, 0.6) is 0 Å². The first-order valence-corrected chi connectivity index (χ1v) is 6.17. The van der Waals surface area contributed by atoms with Gasteiger partial charge >= 0.3 is 0 Å². The molecule has 86 valence electrons. The Morgan fingerprint density at radius 3 is 3.00 bits per heavy atom. The van der Waals surface area contributed by atoms with Crippen molar-refractivity contribution in [3.8, 4) is 6.07 Å². The van der Waals surface area contributed by atoms with E-state index in [9.17, 15) is 0 Å². The molecule has 2 aromatic rings. The Kier molecular flexibility index (Phi) is 3.57. The van der Waals surface area contributed by atoms with Gasteiger partial charge in [0.05, 0.1) is 23.3 Å². The van der Waals surface area contributed by atoms with Gasteiger partial charge in [0.2, 0.25) is 0 Å². The zero-order valence-electron chi connectivity index (χ0n) is 9.09. The van der Waals surface area contributed by atoms with Crippen LogP contribution in [0.1, 0.15) is 11.3 Å². The van der Waals surface area contributed by atoms with E-state index in [4.69, 9.17) is 16.9 Å². The number of hydrogen-bond donors (Lipinski definition) is 0. The number of nitrogens with zero attached hydrogens (tertiary/aromatic N) is 4. The molecule has 0 N–H and O–H groups in total. The molecule has 0 atom stereocenters. The number of anilines is 1. The molecular formula is C11H9ClN4S. The van der Waals surface area contributed by atoms with Gasteiger partial charge in [0, 0.05) is 18.6 Å². The number of aromatic nitrogens is 2. The minimum Gasteiger partial charge on any atom is -0.352 e. The minimum atomic E-state index is 0.382. The van der Waals surface area contributed by atoms with Crippen molar-refractivity contribution in [2.24, 2.45) is 0 Å². The summed E-state index contributed by atoms with van der Waals surface area (Å²) in [6, 6.07) is 3.64. The van der Waals surface area contributed by atoms with Crippen LogP contribution in [-0.2, 0) is 6.54 Å². The quantitative estimate of drug-likeness (QED) is 0.855. The van der Waals surface area contributed by atoms with Crippen LogP contribution in [-0.4, -0.2) is 17.0 Å². The fraction of sp³-hybridized carbons (Fsp3) is 0.182. The maximum absolute atomic E-state index is 8.89. The van der Waals surface area contributed by atoms with Crippen LogP contribution < -0.4 is 4.90 Å². The summed E-state index contributed by atoms with van der Waals surface area (Å²) >= 11 is 7.64. The molecular weight excluding hydrogens is 256 g/mol. The molecule has 0 saturated heterocycles. The number of thiazole rings is 1. The van der Waals surface area contributed by atoms with Crippen LogP contribution in [0, 0.1) is 11.3 Å². The summed E-state index contributed by atoms with van der Waals surface area (Å²) < 4.78 is 0. The van der Waals surface area contributed by atoms with E-state index in [1.54, 1.807) is 29.1 Å². The molecule has 0 unspecified atom stereocenters. The van der Waals surface area contributed by atoms with Crippen molar-refractivity contribution in [3.05, 3.63) is 39.4 Å². The number of pyridine rings is 1. The van der Waals surface area contributed by atoms with E-state index in [0.29, 0.717) is 22.9 Å². The summed E-state index contributed by atoms with van der Waals surface area (Å²) in [5.41, 5.74) is 3.17. The Morgan fingerprint density at radius 1 is 1.53 bits per heavy atom. The second-order valence-electron chi connectivity index (χ2n) is 3.44. The molecule has 0 bridgehead atoms. The third-order valence-electron chi connectivity index (χ3n) is 2.24. The van der Waals surface area contributed by atoms with Crippen LogP contribution in [0.25, 0.3) is 0 Å². The summed E-state index contributed by atoms with van der Waals surface area (Å²) in [6.07, 6.45) is 1.58. The zero-order valence-corrected chi connectivity index (χ0v) is 10.7. The van der Waals surface area contributed by atoms with Gasteiger partial charge in [0.15, 0.2) is 0 Å². The molecule has 0 aliphatic rings. The van der Waals surface area contributed by atoms with Crippen LogP contribution in [0.4, 0.5) is 5.82 Å². The van der Waals surface area contributed by atoms with Crippen LogP contribution in [0.3, 0.4) is 0 Å². The van der Waals surface area contributed by atoms with E-state index < -0.39 is 0 Å². The highest BCUT2D eigenvalue weighted by Gasteiger charge is 2.12. The van der Waals surface area contributed by atoms with Crippen LogP contribution in [0.15, 0.2) is 23.2 Å². The summed E-state index contributed by atoms with van der Waals surface area (Å²) in [4.78, 5) is 10.3. The Hall–Kier alpha value is -1.64. The smallest absolute Gasteiger partial charge is 0.148 e. The van der Waals surface area contributed by atoms with Gasteiger partial charge < -0.3 is 4.90 Å². The lowest BCUT2D eigenvalue weighted by Gasteiger charge is -2.18. The van der Waals surface area contributed by atoms with E-state index >= 15 is 0 Å². The van der Waals surface area contributed by atoms with E-state index in [-0.39, 0.29) is 0 Å². The second-order valence-corrected chi connectivity index (χ2v) is 4.54. The highest BCUT2D eigenvalue weighted by molar-refractivity contribution is 7.07. The Morgan fingerprint density at radius 2 is 2.35 bits per heavy atom. The molecule has 0 radical (unpaired) electrons. The van der Waals surface area contributed by atoms with Crippen molar-refractivity contribution >= 4 is 28.8 Å². The minimum absolute atomic E-state index is 0.382. The predicted molar refractivity (Wildman–Crippen MR) is 68.2 cm³/mol. The summed E-state index contributed by atoms with van der Waals surface area (Å²) in [5, 5.41) is 11.2. The number of hydrogen-bond acceptors (Lipinski definition) is 5. The molecule has 0 aliphatic carbocycles. The SMILES string of the molecule is CN(Cc1cscn1)c1nccc(C#N)c1Cl. The number of rotatable bonds is 3. The van der Waals surface area contributed by atoms with Crippen molar-refractivity contribution in [2.75, 3.05) is 11.9 Å². The largest absolute Gasteiger partial charge is 0.352 e. The number of nitriles is 1. The topological polar surface area (TPSA) is 52.8 Å². The van der Waals surface area contributed by atoms with Crippen LogP contribution in [0.2, 0.25) is 5.02 Å². The van der Waals surface area contributed by atoms with Gasteiger partial charge in [-0.05, 0) is 6.07 Å². The maximum atomic E-state index is 8.89. The molecule has 4 nitrogen and oxygen atoms in total. The fourth-order valence-corrected chi connectivity index (χ4v) is 2.27. The summed E-state index contributed by atoms with van der Waals surface area (Å²) in [7, 11) is 1.87. The molecule has 0 spiro atoms. The summed E-state index contributed by atoms with van der Waals surface area (Å²) in [6.45, 7) is 0.616. The molecule has 0 saturated carbocycles. The first-order chi connectivity index (χ1) is 8.22. The van der Waals surface area contributed by atoms with E-state index in [1.165, 1.54) is 0 Å². The molecule has 2 rings (SSSR count). The summed E-state index contributed by atoms with van der Waals surface area (Å²) in [5.74, 6) is 0.596. The zero-order chi connectivity index (χ0) is 12.3. The Bertz CT molecular complexity index is 547. The van der Waals surface area contributed by atoms with Crippen molar-refractivity contribution in [1.82, 2.24) is 9.97 Å². The molecule has 0 fully saturated rings. The van der Waals surface area contributed by atoms with Gasteiger partial charge in [-0.15, -0.1) is 11.3 Å². The van der Waals surface area contributed by atoms with Gasteiger partial charge in [-0.3, -0.25) is 0 Å². The Labute approximate surface area is 108 Å².